The summed E-state index contributed by atoms with van der Waals surface area (Å²) in [7, 11) is 1.21. The summed E-state index contributed by atoms with van der Waals surface area (Å²) in [5, 5.41) is 0. The van der Waals surface area contributed by atoms with Crippen molar-refractivity contribution in [2.75, 3.05) is 18.7 Å². The van der Waals surface area contributed by atoms with Crippen LogP contribution in [-0.2, 0) is 4.79 Å². The van der Waals surface area contributed by atoms with Crippen LogP contribution >= 0.6 is 0 Å². The van der Waals surface area contributed by atoms with Gasteiger partial charge in [-0.2, -0.15) is 8.78 Å². The molecule has 0 bridgehead atoms. The predicted molar refractivity (Wildman–Crippen MR) is 59.1 cm³/mol. The van der Waals surface area contributed by atoms with E-state index in [0.717, 1.165) is 4.90 Å². The number of anilines is 1. The summed E-state index contributed by atoms with van der Waals surface area (Å²) in [6, 6.07) is 2.37. The van der Waals surface area contributed by atoms with Crippen LogP contribution in [0.1, 0.15) is 0 Å². The van der Waals surface area contributed by atoms with Crippen LogP contribution in [0.25, 0.3) is 0 Å². The van der Waals surface area contributed by atoms with Gasteiger partial charge in [0.05, 0.1) is 0 Å². The number of carbonyl (C=O) groups excluding carboxylic acids is 2. The van der Waals surface area contributed by atoms with E-state index in [4.69, 9.17) is 0 Å². The fourth-order valence-electron chi connectivity index (χ4n) is 1.27. The van der Waals surface area contributed by atoms with Gasteiger partial charge in [0.15, 0.2) is 6.80 Å². The molecule has 0 aliphatic rings. The first kappa shape index (κ1) is 14.0. The van der Waals surface area contributed by atoms with Crippen molar-refractivity contribution >= 4 is 18.0 Å². The fourth-order valence-corrected chi connectivity index (χ4v) is 1.27. The summed E-state index contributed by atoms with van der Waals surface area (Å²) in [5.41, 5.74) is 0.308. The molecule has 0 radical (unpaired) electrons. The van der Waals surface area contributed by atoms with Crippen molar-refractivity contribution in [3.63, 3.8) is 0 Å². The average molecular weight is 260 g/mol. The van der Waals surface area contributed by atoms with Crippen molar-refractivity contribution in [1.82, 2.24) is 4.90 Å². The van der Waals surface area contributed by atoms with Crippen LogP contribution in [0.3, 0.4) is 0 Å². The molecular formula is C11H11F3N2O2. The lowest BCUT2D eigenvalue weighted by Gasteiger charge is -2.28. The minimum Gasteiger partial charge on any atom is -0.297 e. The number of hydrogen-bond acceptors (Lipinski definition) is 2. The molecule has 1 aromatic carbocycles. The Hall–Kier alpha value is -2.05. The smallest absolute Gasteiger partial charge is 0.297 e. The third-order valence-corrected chi connectivity index (χ3v) is 2.28. The van der Waals surface area contributed by atoms with Crippen LogP contribution in [0.5, 0.6) is 0 Å². The Labute approximate surface area is 102 Å². The standard InChI is InChI=1S/C11H11F3N2O2/c1-15(9-5-3-2-4-6-9)10(18)16(8-12)11(13,14)7-17/h2-7H,8H2,1H3. The molecule has 1 aromatic rings. The fraction of sp³-hybridized carbons (Fsp3) is 0.273. The number of para-hydroxylation sites is 1. The van der Waals surface area contributed by atoms with Gasteiger partial charge >= 0.3 is 12.1 Å². The normalized spacial score (nSPS) is 10.9. The third-order valence-electron chi connectivity index (χ3n) is 2.28. The second-order valence-corrected chi connectivity index (χ2v) is 3.43. The third kappa shape index (κ3) is 2.79. The van der Waals surface area contributed by atoms with E-state index in [0.29, 0.717) is 5.69 Å². The molecule has 2 amide bonds. The molecule has 7 heteroatoms. The first-order chi connectivity index (χ1) is 8.44. The van der Waals surface area contributed by atoms with E-state index in [9.17, 15) is 22.8 Å². The van der Waals surface area contributed by atoms with Gasteiger partial charge < -0.3 is 0 Å². The Morgan fingerprint density at radius 3 is 2.33 bits per heavy atom. The van der Waals surface area contributed by atoms with Crippen LogP contribution in [0.2, 0.25) is 0 Å². The van der Waals surface area contributed by atoms with Gasteiger partial charge in [0.1, 0.15) is 0 Å². The highest BCUT2D eigenvalue weighted by atomic mass is 19.3. The summed E-state index contributed by atoms with van der Waals surface area (Å²) in [4.78, 5) is 22.2. The first-order valence-corrected chi connectivity index (χ1v) is 4.94. The Balaban J connectivity index is 2.95. The lowest BCUT2D eigenvalue weighted by Crippen LogP contribution is -2.51. The maximum absolute atomic E-state index is 13.0. The van der Waals surface area contributed by atoms with Gasteiger partial charge in [-0.3, -0.25) is 9.69 Å². The maximum atomic E-state index is 13.0. The van der Waals surface area contributed by atoms with Crippen LogP contribution in [0.4, 0.5) is 23.7 Å². The van der Waals surface area contributed by atoms with Crippen LogP contribution in [0, 0.1) is 0 Å². The van der Waals surface area contributed by atoms with Crippen molar-refractivity contribution in [2.45, 2.75) is 6.05 Å². The molecule has 0 aliphatic carbocycles. The predicted octanol–water partition coefficient (Wildman–Crippen LogP) is 2.26. The Kier molecular flexibility index (Phi) is 4.30. The quantitative estimate of drug-likeness (QED) is 0.615. The van der Waals surface area contributed by atoms with Gasteiger partial charge in [-0.1, -0.05) is 18.2 Å². The van der Waals surface area contributed by atoms with E-state index in [1.807, 2.05) is 0 Å². The van der Waals surface area contributed by atoms with Crippen LogP contribution in [-0.4, -0.2) is 37.1 Å². The summed E-state index contributed by atoms with van der Waals surface area (Å²) in [6.07, 6.45) is -0.774. The summed E-state index contributed by atoms with van der Waals surface area (Å²) >= 11 is 0. The van der Waals surface area contributed by atoms with Gasteiger partial charge in [-0.15, -0.1) is 0 Å². The van der Waals surface area contributed by atoms with E-state index in [1.165, 1.54) is 19.2 Å². The molecule has 0 N–H and O–H groups in total. The van der Waals surface area contributed by atoms with Crippen molar-refractivity contribution < 1.29 is 22.8 Å². The molecule has 0 atom stereocenters. The number of rotatable bonds is 4. The first-order valence-electron chi connectivity index (χ1n) is 4.94. The van der Waals surface area contributed by atoms with Crippen LogP contribution in [0.15, 0.2) is 30.3 Å². The molecule has 18 heavy (non-hydrogen) atoms. The number of carbonyl (C=O) groups is 2. The number of amides is 2. The number of nitrogens with zero attached hydrogens (tertiary/aromatic N) is 2. The highest BCUT2D eigenvalue weighted by Gasteiger charge is 2.42. The van der Waals surface area contributed by atoms with Crippen molar-refractivity contribution in [3.05, 3.63) is 30.3 Å². The second kappa shape index (κ2) is 5.52. The minimum atomic E-state index is -4.17. The van der Waals surface area contributed by atoms with Crippen molar-refractivity contribution in [1.29, 1.82) is 0 Å². The molecule has 0 unspecified atom stereocenters. The second-order valence-electron chi connectivity index (χ2n) is 3.43. The largest absolute Gasteiger partial charge is 0.387 e. The van der Waals surface area contributed by atoms with Gasteiger partial charge in [0.2, 0.25) is 6.29 Å². The molecule has 98 valence electrons. The lowest BCUT2D eigenvalue weighted by atomic mass is 10.3. The highest BCUT2D eigenvalue weighted by Crippen LogP contribution is 2.21. The number of halogens is 3. The molecule has 0 saturated carbocycles. The topological polar surface area (TPSA) is 40.6 Å². The lowest BCUT2D eigenvalue weighted by molar-refractivity contribution is -0.156. The van der Waals surface area contributed by atoms with Gasteiger partial charge in [0.25, 0.3) is 0 Å². The van der Waals surface area contributed by atoms with Crippen LogP contribution < -0.4 is 4.90 Å². The number of hydrogen-bond donors (Lipinski definition) is 0. The molecule has 1 rings (SSSR count). The molecule has 0 aromatic heterocycles. The van der Waals surface area contributed by atoms with E-state index >= 15 is 0 Å². The van der Waals surface area contributed by atoms with E-state index in [2.05, 4.69) is 0 Å². The SMILES string of the molecule is CN(C(=O)N(CF)C(F)(F)C=O)c1ccccc1. The summed E-state index contributed by atoms with van der Waals surface area (Å²) in [6.45, 7) is -1.76. The number of benzene rings is 1. The Bertz CT molecular complexity index is 426. The molecule has 0 heterocycles. The van der Waals surface area contributed by atoms with Crippen molar-refractivity contribution in [2.24, 2.45) is 0 Å². The van der Waals surface area contributed by atoms with E-state index in [-0.39, 0.29) is 0 Å². The number of aldehydes is 1. The molecule has 0 saturated heterocycles. The maximum Gasteiger partial charge on any atom is 0.387 e. The zero-order chi connectivity index (χ0) is 13.8. The minimum absolute atomic E-state index is 0.308. The monoisotopic (exact) mass is 260 g/mol. The Morgan fingerprint density at radius 1 is 1.33 bits per heavy atom. The average Bonchev–Trinajstić information content (AvgIpc) is 2.39. The van der Waals surface area contributed by atoms with Crippen molar-refractivity contribution in [3.8, 4) is 0 Å². The summed E-state index contributed by atoms with van der Waals surface area (Å²) in [5.74, 6) is 0. The van der Waals surface area contributed by atoms with E-state index in [1.54, 1.807) is 18.2 Å². The van der Waals surface area contributed by atoms with E-state index < -0.39 is 30.1 Å². The van der Waals surface area contributed by atoms with Gasteiger partial charge in [0, 0.05) is 12.7 Å². The van der Waals surface area contributed by atoms with Gasteiger partial charge in [-0.25, -0.2) is 14.1 Å². The van der Waals surface area contributed by atoms with Gasteiger partial charge in [-0.05, 0) is 12.1 Å². The number of urea groups is 1. The highest BCUT2D eigenvalue weighted by molar-refractivity contribution is 5.93. The molecule has 0 aliphatic heterocycles. The molecule has 0 fully saturated rings. The number of alkyl halides is 3. The zero-order valence-electron chi connectivity index (χ0n) is 9.52. The molecule has 0 spiro atoms. The Morgan fingerprint density at radius 2 is 1.89 bits per heavy atom. The zero-order valence-corrected chi connectivity index (χ0v) is 9.52. The summed E-state index contributed by atoms with van der Waals surface area (Å²) < 4.78 is 38.5. The molecule has 4 nitrogen and oxygen atoms in total. The molecular weight excluding hydrogens is 249 g/mol.